The van der Waals surface area contributed by atoms with Crippen LogP contribution in [0, 0.1) is 0 Å². The molecule has 0 fully saturated rings. The Labute approximate surface area is 105 Å². The molecule has 0 rings (SSSR count). The van der Waals surface area contributed by atoms with Crippen LogP contribution < -0.4 is 0 Å². The number of aliphatic carboxylic acids is 1. The van der Waals surface area contributed by atoms with Gasteiger partial charge in [-0.25, -0.2) is 4.99 Å². The molecule has 16 heavy (non-hydrogen) atoms. The number of hydrogen-bond donors (Lipinski definition) is 1. The molecule has 0 aliphatic rings. The third-order valence-corrected chi connectivity index (χ3v) is 2.67. The van der Waals surface area contributed by atoms with Crippen LogP contribution >= 0.6 is 15.9 Å². The predicted molar refractivity (Wildman–Crippen MR) is 68.7 cm³/mol. The third kappa shape index (κ3) is 5.75. The Hall–Kier alpha value is -1.04. The highest BCUT2D eigenvalue weighted by atomic mass is 79.9. The van der Waals surface area contributed by atoms with Crippen molar-refractivity contribution < 1.29 is 9.90 Å². The molecular formula is C10H18BrN3O2. The summed E-state index contributed by atoms with van der Waals surface area (Å²) in [6.07, 6.45) is 1.62. The Bertz CT molecular complexity index is 279. The van der Waals surface area contributed by atoms with Crippen molar-refractivity contribution in [1.29, 1.82) is 0 Å². The number of carbonyl (C=O) groups is 1. The molecule has 92 valence electrons. The maximum atomic E-state index is 10.6. The van der Waals surface area contributed by atoms with Gasteiger partial charge in [0.25, 0.3) is 0 Å². The van der Waals surface area contributed by atoms with Crippen LogP contribution in [0.1, 0.15) is 13.8 Å². The maximum Gasteiger partial charge on any atom is 0.323 e. The Morgan fingerprint density at radius 2 is 2.25 bits per heavy atom. The molecule has 0 aromatic rings. The standard InChI is InChI=1S/C10H18BrN3O2/c1-5-14(6-10(15)16)9(3)12-7-13(4)8(2)11/h7-8H,3,5-6H2,1-2,4H3,(H,15,16)/b12-7-. The molecular weight excluding hydrogens is 274 g/mol. The Morgan fingerprint density at radius 3 is 2.62 bits per heavy atom. The second-order valence-corrected chi connectivity index (χ2v) is 4.63. The van der Waals surface area contributed by atoms with Crippen molar-refractivity contribution in [2.45, 2.75) is 18.8 Å². The summed E-state index contributed by atoms with van der Waals surface area (Å²) in [5.74, 6) is -0.440. The van der Waals surface area contributed by atoms with Crippen LogP contribution in [0.3, 0.4) is 0 Å². The molecule has 0 spiro atoms. The molecule has 0 aromatic heterocycles. The lowest BCUT2D eigenvalue weighted by atomic mass is 10.5. The lowest BCUT2D eigenvalue weighted by Crippen LogP contribution is -2.29. The van der Waals surface area contributed by atoms with Crippen molar-refractivity contribution >= 4 is 28.2 Å². The number of hydrogen-bond acceptors (Lipinski definition) is 3. The fourth-order valence-electron chi connectivity index (χ4n) is 0.880. The molecule has 0 saturated heterocycles. The first-order valence-electron chi connectivity index (χ1n) is 4.94. The average Bonchev–Trinajstić information content (AvgIpc) is 2.21. The summed E-state index contributed by atoms with van der Waals surface area (Å²) in [5, 5.41) is 8.68. The minimum absolute atomic E-state index is 0.0831. The van der Waals surface area contributed by atoms with Crippen molar-refractivity contribution in [3.05, 3.63) is 12.4 Å². The maximum absolute atomic E-state index is 10.6. The normalized spacial score (nSPS) is 12.5. The van der Waals surface area contributed by atoms with Crippen molar-refractivity contribution in [2.75, 3.05) is 20.1 Å². The SMILES string of the molecule is C=C(/N=C\N(C)C(C)Br)N(CC)CC(=O)O. The molecule has 1 atom stereocenters. The van der Waals surface area contributed by atoms with E-state index in [-0.39, 0.29) is 11.5 Å². The van der Waals surface area contributed by atoms with Gasteiger partial charge in [0.05, 0.1) is 11.3 Å². The molecule has 0 aromatic carbocycles. The lowest BCUT2D eigenvalue weighted by Gasteiger charge is -2.21. The van der Waals surface area contributed by atoms with Crippen LogP contribution in [0.25, 0.3) is 0 Å². The van der Waals surface area contributed by atoms with Gasteiger partial charge in [-0.05, 0) is 13.8 Å². The van der Waals surface area contributed by atoms with Crippen molar-refractivity contribution in [3.63, 3.8) is 0 Å². The minimum Gasteiger partial charge on any atom is -0.480 e. The molecule has 0 heterocycles. The summed E-state index contributed by atoms with van der Waals surface area (Å²) in [6.45, 7) is 8.04. The van der Waals surface area contributed by atoms with E-state index in [2.05, 4.69) is 27.5 Å². The van der Waals surface area contributed by atoms with Crippen molar-refractivity contribution in [2.24, 2.45) is 4.99 Å². The Kier molecular flexibility index (Phi) is 6.80. The number of halogens is 1. The zero-order valence-corrected chi connectivity index (χ0v) is 11.4. The van der Waals surface area contributed by atoms with Gasteiger partial charge >= 0.3 is 5.97 Å². The van der Waals surface area contributed by atoms with Crippen LogP contribution in [0.15, 0.2) is 17.4 Å². The summed E-state index contributed by atoms with van der Waals surface area (Å²) in [5.41, 5.74) is 0. The van der Waals surface area contributed by atoms with Crippen LogP contribution in [0.2, 0.25) is 0 Å². The summed E-state index contributed by atoms with van der Waals surface area (Å²) < 4.78 is 0. The van der Waals surface area contributed by atoms with E-state index in [0.29, 0.717) is 12.4 Å². The molecule has 0 aliphatic carbocycles. The molecule has 5 nitrogen and oxygen atoms in total. The molecule has 0 saturated carbocycles. The van der Waals surface area contributed by atoms with Crippen molar-refractivity contribution in [1.82, 2.24) is 9.80 Å². The molecule has 0 bridgehead atoms. The van der Waals surface area contributed by atoms with Gasteiger partial charge in [-0.1, -0.05) is 22.5 Å². The van der Waals surface area contributed by atoms with E-state index >= 15 is 0 Å². The van der Waals surface area contributed by atoms with Gasteiger partial charge in [-0.2, -0.15) is 0 Å². The molecule has 1 unspecified atom stereocenters. The Balaban J connectivity index is 4.36. The Morgan fingerprint density at radius 1 is 1.69 bits per heavy atom. The fourth-order valence-corrected chi connectivity index (χ4v) is 0.986. The average molecular weight is 292 g/mol. The van der Waals surface area contributed by atoms with E-state index in [0.717, 1.165) is 0 Å². The number of alkyl halides is 1. The fraction of sp³-hybridized carbons (Fsp3) is 0.600. The smallest absolute Gasteiger partial charge is 0.323 e. The number of nitrogens with zero attached hydrogens (tertiary/aromatic N) is 3. The van der Waals surface area contributed by atoms with E-state index in [1.807, 2.05) is 25.8 Å². The van der Waals surface area contributed by atoms with Gasteiger partial charge in [0.1, 0.15) is 12.4 Å². The number of likely N-dealkylation sites (N-methyl/N-ethyl adjacent to an activating group) is 1. The van der Waals surface area contributed by atoms with Gasteiger partial charge < -0.3 is 14.9 Å². The first-order chi connectivity index (χ1) is 7.38. The monoisotopic (exact) mass is 291 g/mol. The zero-order valence-electron chi connectivity index (χ0n) is 9.85. The van der Waals surface area contributed by atoms with E-state index in [4.69, 9.17) is 5.11 Å². The van der Waals surface area contributed by atoms with Gasteiger partial charge in [-0.15, -0.1) is 0 Å². The largest absolute Gasteiger partial charge is 0.480 e. The quantitative estimate of drug-likeness (QED) is 0.335. The highest BCUT2D eigenvalue weighted by Crippen LogP contribution is 2.04. The van der Waals surface area contributed by atoms with Gasteiger partial charge in [0.15, 0.2) is 0 Å². The van der Waals surface area contributed by atoms with E-state index in [9.17, 15) is 4.79 Å². The van der Waals surface area contributed by atoms with Gasteiger partial charge in [0, 0.05) is 13.6 Å². The van der Waals surface area contributed by atoms with Crippen LogP contribution in [0.5, 0.6) is 0 Å². The summed E-state index contributed by atoms with van der Waals surface area (Å²) in [4.78, 5) is 18.3. The first-order valence-corrected chi connectivity index (χ1v) is 5.85. The van der Waals surface area contributed by atoms with Crippen LogP contribution in [-0.2, 0) is 4.79 Å². The van der Waals surface area contributed by atoms with E-state index < -0.39 is 5.97 Å². The second kappa shape index (κ2) is 7.27. The predicted octanol–water partition coefficient (Wildman–Crippen LogP) is 1.57. The van der Waals surface area contributed by atoms with Gasteiger partial charge in [-0.3, -0.25) is 4.79 Å². The molecule has 0 aliphatic heterocycles. The summed E-state index contributed by atoms with van der Waals surface area (Å²) in [6, 6.07) is 0. The first kappa shape index (κ1) is 15.0. The summed E-state index contributed by atoms with van der Waals surface area (Å²) in [7, 11) is 1.86. The molecule has 0 amide bonds. The number of aliphatic imine (C=N–C) groups is 1. The highest BCUT2D eigenvalue weighted by molar-refractivity contribution is 9.09. The van der Waals surface area contributed by atoms with Crippen LogP contribution in [-0.4, -0.2) is 52.3 Å². The number of carboxylic acids is 1. The molecule has 0 radical (unpaired) electrons. The van der Waals surface area contributed by atoms with Crippen molar-refractivity contribution in [3.8, 4) is 0 Å². The number of carboxylic acid groups (broad SMARTS) is 1. The van der Waals surface area contributed by atoms with E-state index in [1.54, 1.807) is 11.2 Å². The third-order valence-electron chi connectivity index (χ3n) is 2.02. The number of rotatable bonds is 7. The topological polar surface area (TPSA) is 56.1 Å². The lowest BCUT2D eigenvalue weighted by molar-refractivity contribution is -0.137. The van der Waals surface area contributed by atoms with E-state index in [1.165, 1.54) is 0 Å². The highest BCUT2D eigenvalue weighted by Gasteiger charge is 2.08. The molecule has 6 heteroatoms. The van der Waals surface area contributed by atoms with Gasteiger partial charge in [0.2, 0.25) is 0 Å². The second-order valence-electron chi connectivity index (χ2n) is 3.31. The summed E-state index contributed by atoms with van der Waals surface area (Å²) >= 11 is 3.38. The van der Waals surface area contributed by atoms with Crippen LogP contribution in [0.4, 0.5) is 0 Å². The minimum atomic E-state index is -0.889. The zero-order chi connectivity index (χ0) is 12.7. The molecule has 1 N–H and O–H groups in total.